The zero-order valence-corrected chi connectivity index (χ0v) is 38.8. The second-order valence-corrected chi connectivity index (χ2v) is 18.1. The fourth-order valence-corrected chi connectivity index (χ4v) is 11.1. The fourth-order valence-electron chi connectivity index (χ4n) is 11.1. The second kappa shape index (κ2) is 17.6. The van der Waals surface area contributed by atoms with Crippen LogP contribution < -0.4 is 4.90 Å². The Morgan fingerprint density at radius 1 is 0.464 bits per heavy atom. The van der Waals surface area contributed by atoms with Gasteiger partial charge in [0.05, 0.1) is 5.41 Å². The highest BCUT2D eigenvalue weighted by molar-refractivity contribution is 6.14. The Kier molecular flexibility index (Phi) is 10.9. The van der Waals surface area contributed by atoms with Crippen LogP contribution in [-0.2, 0) is 5.41 Å². The molecule has 0 spiro atoms. The van der Waals surface area contributed by atoms with Crippen LogP contribution in [0.3, 0.4) is 0 Å². The average molecular weight is 894 g/mol. The normalized spacial score (nSPS) is 14.7. The summed E-state index contributed by atoms with van der Waals surface area (Å²) >= 11 is 0. The molecule has 69 heavy (non-hydrogen) atoms. The van der Waals surface area contributed by atoms with Crippen molar-refractivity contribution in [3.05, 3.63) is 253 Å². The highest BCUT2D eigenvalue weighted by atomic mass is 16.3. The van der Waals surface area contributed by atoms with E-state index in [9.17, 15) is 15.3 Å². The molecule has 0 bridgehead atoms. The summed E-state index contributed by atoms with van der Waals surface area (Å²) in [4.78, 5) is 1.91. The summed E-state index contributed by atoms with van der Waals surface area (Å²) in [5, 5.41) is 42.3. The van der Waals surface area contributed by atoms with Crippen LogP contribution in [0.1, 0.15) is 36.1 Å². The van der Waals surface area contributed by atoms with Crippen molar-refractivity contribution in [3.8, 4) is 61.8 Å². The van der Waals surface area contributed by atoms with Crippen molar-refractivity contribution in [2.75, 3.05) is 4.90 Å². The summed E-state index contributed by atoms with van der Waals surface area (Å²) in [5.74, 6) is -0.902. The first-order chi connectivity index (χ1) is 33.8. The Bertz CT molecular complexity index is 3620. The van der Waals surface area contributed by atoms with Crippen molar-refractivity contribution in [1.82, 2.24) is 0 Å². The number of hydrogen-bond acceptors (Lipinski definition) is 4. The van der Waals surface area contributed by atoms with E-state index in [0.29, 0.717) is 28.1 Å². The van der Waals surface area contributed by atoms with Crippen molar-refractivity contribution in [1.29, 1.82) is 0 Å². The lowest BCUT2D eigenvalue weighted by atomic mass is 9.64. The molecule has 1 unspecified atom stereocenters. The molecule has 4 heteroatoms. The van der Waals surface area contributed by atoms with Crippen LogP contribution in [0.5, 0.6) is 17.2 Å². The maximum absolute atomic E-state index is 12.8. The molecule has 2 atom stereocenters. The Hall–Kier alpha value is -8.60. The molecule has 1 aliphatic rings. The first kappa shape index (κ1) is 43.0. The molecular weight excluding hydrogens is 843 g/mol. The van der Waals surface area contributed by atoms with E-state index in [-0.39, 0.29) is 23.1 Å². The number of benzene rings is 10. The van der Waals surface area contributed by atoms with Gasteiger partial charge in [0.25, 0.3) is 0 Å². The van der Waals surface area contributed by atoms with Gasteiger partial charge in [-0.25, -0.2) is 0 Å². The van der Waals surface area contributed by atoms with Crippen LogP contribution in [0, 0.1) is 12.8 Å². The molecule has 10 aromatic rings. The van der Waals surface area contributed by atoms with Crippen molar-refractivity contribution >= 4 is 38.6 Å². The molecule has 0 aliphatic heterocycles. The monoisotopic (exact) mass is 893 g/mol. The zero-order valence-electron chi connectivity index (χ0n) is 38.8. The predicted molar refractivity (Wildman–Crippen MR) is 287 cm³/mol. The predicted octanol–water partition coefficient (Wildman–Crippen LogP) is 17.0. The van der Waals surface area contributed by atoms with Crippen LogP contribution in [0.15, 0.2) is 231 Å². The van der Waals surface area contributed by atoms with Gasteiger partial charge in [-0.2, -0.15) is 0 Å². The third-order valence-corrected chi connectivity index (χ3v) is 14.2. The van der Waals surface area contributed by atoms with Crippen LogP contribution in [0.4, 0.5) is 17.1 Å². The first-order valence-electron chi connectivity index (χ1n) is 23.6. The van der Waals surface area contributed by atoms with Gasteiger partial charge in [0.2, 0.25) is 0 Å². The standard InChI is InChI=1S/C65H51NO3/c1-4-5-8-21-42(2)65(49-28-11-7-12-29-49)58-35-18-17-34-55(58)56-37-36-51(41-59(56)65)66(50-30-20-26-46(39-50)57-40-47-24-13-14-31-52(47)53-32-15-16-33-54(53)57)61-62(67)43(3)60(63(68)64(61)69)48-27-19-25-45(38-48)44-22-9-6-10-23-44/h4-42,67-69H,1-3H3/b5-4-,21-8-/t42-,65?/m0/s1. The number of phenolic OH excluding ortho intramolecular Hbond substituents is 3. The maximum Gasteiger partial charge on any atom is 0.186 e. The topological polar surface area (TPSA) is 63.9 Å². The minimum absolute atomic E-state index is 0.00857. The Morgan fingerprint density at radius 3 is 1.88 bits per heavy atom. The van der Waals surface area contributed by atoms with Crippen LogP contribution in [0.25, 0.3) is 66.1 Å². The van der Waals surface area contributed by atoms with Gasteiger partial charge in [-0.3, -0.25) is 0 Å². The van der Waals surface area contributed by atoms with Crippen molar-refractivity contribution in [2.45, 2.75) is 26.2 Å². The Morgan fingerprint density at radius 2 is 1.09 bits per heavy atom. The molecule has 10 aromatic carbocycles. The van der Waals surface area contributed by atoms with Crippen molar-refractivity contribution in [3.63, 3.8) is 0 Å². The molecular formula is C65H51NO3. The molecule has 0 radical (unpaired) electrons. The molecule has 3 N–H and O–H groups in total. The van der Waals surface area contributed by atoms with Gasteiger partial charge in [0.1, 0.15) is 11.4 Å². The molecule has 0 saturated heterocycles. The maximum atomic E-state index is 12.8. The van der Waals surface area contributed by atoms with Gasteiger partial charge >= 0.3 is 0 Å². The second-order valence-electron chi connectivity index (χ2n) is 18.1. The van der Waals surface area contributed by atoms with Gasteiger partial charge in [-0.05, 0) is 133 Å². The molecule has 0 fully saturated rings. The number of aromatic hydroxyl groups is 3. The number of anilines is 3. The molecule has 0 amide bonds. The fraction of sp³-hybridized carbons (Fsp3) is 0.0769. The van der Waals surface area contributed by atoms with Crippen LogP contribution >= 0.6 is 0 Å². The zero-order chi connectivity index (χ0) is 47.2. The lowest BCUT2D eigenvalue weighted by Gasteiger charge is -2.38. The van der Waals surface area contributed by atoms with E-state index in [1.807, 2.05) is 84.6 Å². The number of allylic oxidation sites excluding steroid dienone is 4. The summed E-state index contributed by atoms with van der Waals surface area (Å²) in [7, 11) is 0. The Labute approximate surface area is 403 Å². The van der Waals surface area contributed by atoms with Crippen LogP contribution in [0.2, 0.25) is 0 Å². The third-order valence-electron chi connectivity index (χ3n) is 14.2. The van der Waals surface area contributed by atoms with Gasteiger partial charge < -0.3 is 20.2 Å². The number of fused-ring (bicyclic) bond motifs is 6. The summed E-state index contributed by atoms with van der Waals surface area (Å²) in [5.41, 5.74) is 12.0. The van der Waals surface area contributed by atoms with E-state index >= 15 is 0 Å². The highest BCUT2D eigenvalue weighted by Gasteiger charge is 2.48. The minimum Gasteiger partial charge on any atom is -0.505 e. The van der Waals surface area contributed by atoms with E-state index in [0.717, 1.165) is 60.7 Å². The molecule has 0 saturated carbocycles. The number of phenols is 3. The van der Waals surface area contributed by atoms with Gasteiger partial charge in [0.15, 0.2) is 11.5 Å². The van der Waals surface area contributed by atoms with E-state index in [4.69, 9.17) is 0 Å². The number of hydrogen-bond donors (Lipinski definition) is 3. The minimum atomic E-state index is -0.616. The number of rotatable bonds is 10. The molecule has 1 aliphatic carbocycles. The Balaban J connectivity index is 1.17. The van der Waals surface area contributed by atoms with Crippen molar-refractivity contribution < 1.29 is 15.3 Å². The number of nitrogens with zero attached hydrogens (tertiary/aromatic N) is 1. The van der Waals surface area contributed by atoms with E-state index in [1.54, 1.807) is 6.92 Å². The van der Waals surface area contributed by atoms with Gasteiger partial charge in [-0.1, -0.05) is 201 Å². The van der Waals surface area contributed by atoms with E-state index in [2.05, 4.69) is 165 Å². The highest BCUT2D eigenvalue weighted by Crippen LogP contribution is 2.60. The largest absolute Gasteiger partial charge is 0.505 e. The van der Waals surface area contributed by atoms with E-state index in [1.165, 1.54) is 10.9 Å². The summed E-state index contributed by atoms with van der Waals surface area (Å²) in [6, 6.07) is 71.2. The molecule has 0 heterocycles. The summed E-state index contributed by atoms with van der Waals surface area (Å²) in [6.07, 6.45) is 8.53. The lowest BCUT2D eigenvalue weighted by molar-refractivity contribution is 0.398. The SMILES string of the molecule is C/C=C\C=C/[C@H](C)C1(c2ccccc2)c2ccccc2-c2ccc(N(c3cccc(-c4cc5ccccc5c5ccccc45)c3)c3c(O)c(C)c(-c4cccc(-c5ccccc5)c4)c(O)c3O)cc21. The smallest absolute Gasteiger partial charge is 0.186 e. The first-order valence-corrected chi connectivity index (χ1v) is 23.6. The van der Waals surface area contributed by atoms with Gasteiger partial charge in [0, 0.05) is 22.5 Å². The molecule has 0 aromatic heterocycles. The van der Waals surface area contributed by atoms with Crippen molar-refractivity contribution in [2.24, 2.45) is 5.92 Å². The van der Waals surface area contributed by atoms with Gasteiger partial charge in [-0.15, -0.1) is 0 Å². The quantitative estimate of drug-likeness (QED) is 0.0554. The van der Waals surface area contributed by atoms with Crippen LogP contribution in [-0.4, -0.2) is 15.3 Å². The lowest BCUT2D eigenvalue weighted by Crippen LogP contribution is -2.33. The average Bonchev–Trinajstić information content (AvgIpc) is 3.70. The molecule has 334 valence electrons. The van der Waals surface area contributed by atoms with E-state index < -0.39 is 11.2 Å². The molecule has 4 nitrogen and oxygen atoms in total. The third kappa shape index (κ3) is 7.07. The molecule has 11 rings (SSSR count). The summed E-state index contributed by atoms with van der Waals surface area (Å²) < 4.78 is 0. The summed E-state index contributed by atoms with van der Waals surface area (Å²) in [6.45, 7) is 6.11.